The van der Waals surface area contributed by atoms with Crippen LogP contribution in [0.25, 0.3) is 0 Å². The summed E-state index contributed by atoms with van der Waals surface area (Å²) in [7, 11) is 0. The van der Waals surface area contributed by atoms with Crippen molar-refractivity contribution in [1.29, 1.82) is 0 Å². The topological polar surface area (TPSA) is 34.1 Å². The van der Waals surface area contributed by atoms with Crippen molar-refractivity contribution >= 4 is 12.1 Å². The van der Waals surface area contributed by atoms with E-state index in [1.165, 1.54) is 0 Å². The van der Waals surface area contributed by atoms with Gasteiger partial charge in [0.2, 0.25) is 0 Å². The Morgan fingerprint density at radius 3 is 2.50 bits per heavy atom. The van der Waals surface area contributed by atoms with Gasteiger partial charge in [0.05, 0.1) is 5.41 Å². The Bertz CT molecular complexity index is 174. The van der Waals surface area contributed by atoms with E-state index in [0.717, 1.165) is 12.7 Å². The van der Waals surface area contributed by atoms with E-state index < -0.39 is 5.41 Å². The maximum atomic E-state index is 11.1. The molecule has 56 valence electrons. The third-order valence-corrected chi connectivity index (χ3v) is 2.20. The quantitative estimate of drug-likeness (QED) is 0.405. The van der Waals surface area contributed by atoms with Crippen molar-refractivity contribution in [2.75, 3.05) is 0 Å². The molecule has 2 atom stereocenters. The van der Waals surface area contributed by atoms with Gasteiger partial charge in [-0.2, -0.15) is 0 Å². The van der Waals surface area contributed by atoms with Gasteiger partial charge in [-0.3, -0.25) is 4.79 Å². The summed E-state index contributed by atoms with van der Waals surface area (Å²) in [5.74, 6) is 0.498. The monoisotopic (exact) mass is 140 g/mol. The summed E-state index contributed by atoms with van der Waals surface area (Å²) < 4.78 is 0. The van der Waals surface area contributed by atoms with E-state index in [-0.39, 0.29) is 5.78 Å². The zero-order valence-corrected chi connectivity index (χ0v) is 6.39. The van der Waals surface area contributed by atoms with Gasteiger partial charge in [0.25, 0.3) is 0 Å². The molecule has 0 aliphatic heterocycles. The molecule has 2 unspecified atom stereocenters. The molecule has 1 saturated carbocycles. The summed E-state index contributed by atoms with van der Waals surface area (Å²) in [6.45, 7) is 3.73. The highest BCUT2D eigenvalue weighted by molar-refractivity contribution is 5.99. The molecule has 1 aliphatic carbocycles. The number of aldehydes is 1. The molecule has 0 radical (unpaired) electrons. The van der Waals surface area contributed by atoms with Crippen molar-refractivity contribution in [3.8, 4) is 0 Å². The van der Waals surface area contributed by atoms with Crippen LogP contribution in [0.5, 0.6) is 0 Å². The average molecular weight is 140 g/mol. The minimum absolute atomic E-state index is 0.106. The molecule has 2 nitrogen and oxygen atoms in total. The van der Waals surface area contributed by atoms with Crippen LogP contribution in [-0.2, 0) is 9.59 Å². The van der Waals surface area contributed by atoms with Crippen molar-refractivity contribution < 1.29 is 9.59 Å². The molecule has 0 bridgehead atoms. The lowest BCUT2D eigenvalue weighted by Gasteiger charge is -2.11. The first-order valence-corrected chi connectivity index (χ1v) is 3.58. The van der Waals surface area contributed by atoms with Crippen LogP contribution in [0.1, 0.15) is 26.7 Å². The zero-order chi connectivity index (χ0) is 7.78. The predicted octanol–water partition coefficient (Wildman–Crippen LogP) is 1.19. The standard InChI is InChI=1S/C8H12O2/c1-6-3-7(10)8(2,4-6)5-9/h5-6H,3-4H2,1-2H3. The Morgan fingerprint density at radius 1 is 1.70 bits per heavy atom. The Kier molecular flexibility index (Phi) is 1.63. The summed E-state index contributed by atoms with van der Waals surface area (Å²) in [5, 5.41) is 0. The molecule has 10 heavy (non-hydrogen) atoms. The summed E-state index contributed by atoms with van der Waals surface area (Å²) in [6.07, 6.45) is 2.10. The first-order chi connectivity index (χ1) is 4.58. The summed E-state index contributed by atoms with van der Waals surface area (Å²) in [5.41, 5.74) is -0.653. The smallest absolute Gasteiger partial charge is 0.146 e. The SMILES string of the molecule is CC1CC(=O)C(C)(C=O)C1. The Labute approximate surface area is 60.6 Å². The number of rotatable bonds is 1. The molecule has 0 aromatic rings. The molecular formula is C8H12O2. The second-order valence-corrected chi connectivity index (χ2v) is 3.47. The average Bonchev–Trinajstić information content (AvgIpc) is 2.09. The van der Waals surface area contributed by atoms with E-state index in [9.17, 15) is 9.59 Å². The number of Topliss-reactive ketones (excluding diaryl/α,β-unsaturated/α-hetero) is 1. The molecule has 1 aliphatic rings. The first-order valence-electron chi connectivity index (χ1n) is 3.58. The van der Waals surface area contributed by atoms with Gasteiger partial charge in [-0.1, -0.05) is 6.92 Å². The second-order valence-electron chi connectivity index (χ2n) is 3.47. The van der Waals surface area contributed by atoms with E-state index in [4.69, 9.17) is 0 Å². The van der Waals surface area contributed by atoms with Crippen LogP contribution >= 0.6 is 0 Å². The van der Waals surface area contributed by atoms with E-state index in [1.54, 1.807) is 6.92 Å². The number of carbonyl (C=O) groups excluding carboxylic acids is 2. The van der Waals surface area contributed by atoms with Crippen molar-refractivity contribution in [2.24, 2.45) is 11.3 Å². The number of carbonyl (C=O) groups is 2. The molecule has 0 saturated heterocycles. The lowest BCUT2D eigenvalue weighted by molar-refractivity contribution is -0.130. The largest absolute Gasteiger partial charge is 0.302 e. The third-order valence-electron chi connectivity index (χ3n) is 2.20. The molecule has 0 heterocycles. The van der Waals surface area contributed by atoms with Crippen molar-refractivity contribution in [1.82, 2.24) is 0 Å². The van der Waals surface area contributed by atoms with Crippen molar-refractivity contribution in [3.63, 3.8) is 0 Å². The second kappa shape index (κ2) is 2.19. The highest BCUT2D eigenvalue weighted by Crippen LogP contribution is 2.35. The van der Waals surface area contributed by atoms with Gasteiger partial charge < -0.3 is 4.79 Å². The van der Waals surface area contributed by atoms with E-state index >= 15 is 0 Å². The highest BCUT2D eigenvalue weighted by Gasteiger charge is 2.40. The molecule has 0 aromatic heterocycles. The van der Waals surface area contributed by atoms with Gasteiger partial charge in [0.1, 0.15) is 12.1 Å². The molecule has 0 spiro atoms. The number of ketones is 1. The van der Waals surface area contributed by atoms with Gasteiger partial charge in [0, 0.05) is 6.42 Å². The Balaban J connectivity index is 2.80. The van der Waals surface area contributed by atoms with Gasteiger partial charge >= 0.3 is 0 Å². The van der Waals surface area contributed by atoms with E-state index in [0.29, 0.717) is 12.3 Å². The lowest BCUT2D eigenvalue weighted by atomic mass is 9.89. The van der Waals surface area contributed by atoms with Crippen LogP contribution in [0.3, 0.4) is 0 Å². The van der Waals surface area contributed by atoms with Crippen LogP contribution in [0.15, 0.2) is 0 Å². The maximum absolute atomic E-state index is 11.1. The minimum Gasteiger partial charge on any atom is -0.302 e. The van der Waals surface area contributed by atoms with Crippen LogP contribution in [0.2, 0.25) is 0 Å². The molecule has 0 amide bonds. The molecule has 2 heteroatoms. The van der Waals surface area contributed by atoms with Crippen LogP contribution in [-0.4, -0.2) is 12.1 Å². The van der Waals surface area contributed by atoms with Gasteiger partial charge in [-0.05, 0) is 19.3 Å². The third kappa shape index (κ3) is 0.981. The summed E-state index contributed by atoms with van der Waals surface area (Å²) in [6, 6.07) is 0. The molecular weight excluding hydrogens is 128 g/mol. The Morgan fingerprint density at radius 2 is 2.30 bits per heavy atom. The number of hydrogen-bond acceptors (Lipinski definition) is 2. The van der Waals surface area contributed by atoms with Crippen LogP contribution in [0, 0.1) is 11.3 Å². The van der Waals surface area contributed by atoms with Crippen molar-refractivity contribution in [3.05, 3.63) is 0 Å². The fourth-order valence-corrected chi connectivity index (χ4v) is 1.57. The molecule has 1 fully saturated rings. The molecule has 1 rings (SSSR count). The minimum atomic E-state index is -0.653. The van der Waals surface area contributed by atoms with E-state index in [1.807, 2.05) is 6.92 Å². The van der Waals surface area contributed by atoms with Gasteiger partial charge in [-0.15, -0.1) is 0 Å². The lowest BCUT2D eigenvalue weighted by Crippen LogP contribution is -2.22. The molecule has 0 N–H and O–H groups in total. The summed E-state index contributed by atoms with van der Waals surface area (Å²) in [4.78, 5) is 21.6. The zero-order valence-electron chi connectivity index (χ0n) is 6.39. The van der Waals surface area contributed by atoms with Crippen molar-refractivity contribution in [2.45, 2.75) is 26.7 Å². The maximum Gasteiger partial charge on any atom is 0.146 e. The highest BCUT2D eigenvalue weighted by atomic mass is 16.1. The van der Waals surface area contributed by atoms with Gasteiger partial charge in [0.15, 0.2) is 0 Å². The van der Waals surface area contributed by atoms with Crippen LogP contribution < -0.4 is 0 Å². The van der Waals surface area contributed by atoms with E-state index in [2.05, 4.69) is 0 Å². The first kappa shape index (κ1) is 7.45. The Hall–Kier alpha value is -0.660. The fraction of sp³-hybridized carbons (Fsp3) is 0.750. The summed E-state index contributed by atoms with van der Waals surface area (Å²) >= 11 is 0. The fourth-order valence-electron chi connectivity index (χ4n) is 1.57. The molecule has 0 aromatic carbocycles. The number of hydrogen-bond donors (Lipinski definition) is 0. The predicted molar refractivity (Wildman–Crippen MR) is 37.6 cm³/mol. The van der Waals surface area contributed by atoms with Gasteiger partial charge in [-0.25, -0.2) is 0 Å². The van der Waals surface area contributed by atoms with Crippen LogP contribution in [0.4, 0.5) is 0 Å². The normalized spacial score (nSPS) is 40.2.